The van der Waals surface area contributed by atoms with Crippen molar-refractivity contribution in [1.29, 1.82) is 0 Å². The van der Waals surface area contributed by atoms with Crippen LogP contribution in [0.25, 0.3) is 11.3 Å². The molecule has 7 nitrogen and oxygen atoms in total. The van der Waals surface area contributed by atoms with E-state index in [1.54, 1.807) is 4.90 Å². The van der Waals surface area contributed by atoms with Crippen LogP contribution < -0.4 is 5.32 Å². The first kappa shape index (κ1) is 16.3. The Morgan fingerprint density at radius 1 is 1.40 bits per heavy atom. The number of rotatable bonds is 3. The average molecular weight is 359 g/mol. The van der Waals surface area contributed by atoms with Crippen molar-refractivity contribution in [3.63, 3.8) is 0 Å². The number of nitrogens with zero attached hydrogens (tertiary/aromatic N) is 4. The van der Waals surface area contributed by atoms with E-state index in [-0.39, 0.29) is 30.2 Å². The average Bonchev–Trinajstić information content (AvgIpc) is 3.23. The summed E-state index contributed by atoms with van der Waals surface area (Å²) < 4.78 is 1.89. The number of fused-ring (bicyclic) bond motifs is 3. The maximum Gasteiger partial charge on any atom is 0.231 e. The number of nitrogens with one attached hydrogen (secondary N) is 1. The van der Waals surface area contributed by atoms with Gasteiger partial charge in [0.2, 0.25) is 11.8 Å². The molecule has 0 radical (unpaired) electrons. The molecule has 3 heterocycles. The number of thiazole rings is 1. The number of aromatic nitrogens is 3. The zero-order valence-corrected chi connectivity index (χ0v) is 15.4. The number of carbonyl (C=O) groups is 2. The molecule has 1 N–H and O–H groups in total. The minimum absolute atomic E-state index is 0.0496. The number of hydrogen-bond acceptors (Lipinski definition) is 5. The van der Waals surface area contributed by atoms with Gasteiger partial charge in [-0.05, 0) is 26.7 Å². The predicted octanol–water partition coefficient (Wildman–Crippen LogP) is 1.84. The minimum Gasteiger partial charge on any atom is -0.339 e. The van der Waals surface area contributed by atoms with Crippen molar-refractivity contribution in [1.82, 2.24) is 19.7 Å². The Morgan fingerprint density at radius 2 is 2.20 bits per heavy atom. The lowest BCUT2D eigenvalue weighted by atomic mass is 10.0. The van der Waals surface area contributed by atoms with Gasteiger partial charge in [0.1, 0.15) is 0 Å². The molecule has 2 amide bonds. The second kappa shape index (κ2) is 5.94. The van der Waals surface area contributed by atoms with E-state index in [4.69, 9.17) is 0 Å². The van der Waals surface area contributed by atoms with Gasteiger partial charge in [-0.15, -0.1) is 11.3 Å². The van der Waals surface area contributed by atoms with Gasteiger partial charge in [-0.25, -0.2) is 4.98 Å². The van der Waals surface area contributed by atoms with Crippen LogP contribution in [-0.4, -0.2) is 44.1 Å². The number of likely N-dealkylation sites (tertiary alicyclic amines) is 1. The van der Waals surface area contributed by atoms with Crippen molar-refractivity contribution in [3.05, 3.63) is 16.8 Å². The molecular weight excluding hydrogens is 338 g/mol. The molecule has 4 rings (SSSR count). The van der Waals surface area contributed by atoms with Crippen molar-refractivity contribution in [2.45, 2.75) is 39.2 Å². The van der Waals surface area contributed by atoms with Crippen LogP contribution in [0, 0.1) is 5.92 Å². The topological polar surface area (TPSA) is 80.1 Å². The summed E-state index contributed by atoms with van der Waals surface area (Å²) >= 11 is 1.52. The SMILES string of the molecule is CC(C)N1C[C@@H](C(=O)Nc2nc3c(s2)CCc2c-3cnn2C)CC1=O. The third-order valence-corrected chi connectivity index (χ3v) is 6.02. The number of anilines is 1. The Labute approximate surface area is 150 Å². The normalized spacial score (nSPS) is 19.3. The summed E-state index contributed by atoms with van der Waals surface area (Å²) in [4.78, 5) is 32.1. The van der Waals surface area contributed by atoms with Gasteiger partial charge in [0.25, 0.3) is 0 Å². The highest BCUT2D eigenvalue weighted by atomic mass is 32.1. The molecule has 0 bridgehead atoms. The largest absolute Gasteiger partial charge is 0.339 e. The van der Waals surface area contributed by atoms with Crippen LogP contribution in [0.5, 0.6) is 0 Å². The van der Waals surface area contributed by atoms with E-state index >= 15 is 0 Å². The predicted molar refractivity (Wildman–Crippen MR) is 95.3 cm³/mol. The van der Waals surface area contributed by atoms with Crippen LogP contribution in [0.1, 0.15) is 30.8 Å². The fourth-order valence-electron chi connectivity index (χ4n) is 3.59. The van der Waals surface area contributed by atoms with Gasteiger partial charge in [-0.1, -0.05) is 0 Å². The zero-order valence-electron chi connectivity index (χ0n) is 14.6. The second-order valence-corrected chi connectivity index (χ2v) is 8.03. The molecule has 0 unspecified atom stereocenters. The lowest BCUT2D eigenvalue weighted by Crippen LogP contribution is -2.33. The highest BCUT2D eigenvalue weighted by molar-refractivity contribution is 7.16. The molecule has 0 saturated carbocycles. The van der Waals surface area contributed by atoms with E-state index in [0.717, 1.165) is 24.1 Å². The molecule has 8 heteroatoms. The Kier molecular flexibility index (Phi) is 3.87. The Morgan fingerprint density at radius 3 is 2.92 bits per heavy atom. The van der Waals surface area contributed by atoms with Crippen LogP contribution in [0.4, 0.5) is 5.13 Å². The van der Waals surface area contributed by atoms with Crippen LogP contribution in [0.15, 0.2) is 6.20 Å². The smallest absolute Gasteiger partial charge is 0.231 e. The summed E-state index contributed by atoms with van der Waals surface area (Å²) in [6, 6.07) is 0.126. The fourth-order valence-corrected chi connectivity index (χ4v) is 4.57. The van der Waals surface area contributed by atoms with Crippen LogP contribution in [-0.2, 0) is 29.5 Å². The van der Waals surface area contributed by atoms with Gasteiger partial charge in [0, 0.05) is 42.2 Å². The number of aryl methyl sites for hydroxylation is 2. The first-order valence-corrected chi connectivity index (χ1v) is 9.37. The molecule has 1 aliphatic carbocycles. The summed E-state index contributed by atoms with van der Waals surface area (Å²) in [7, 11) is 1.94. The Hall–Kier alpha value is -2.22. The Balaban J connectivity index is 1.51. The molecule has 2 aromatic heterocycles. The summed E-state index contributed by atoms with van der Waals surface area (Å²) in [6.45, 7) is 4.43. The van der Waals surface area contributed by atoms with Gasteiger partial charge in [-0.2, -0.15) is 5.10 Å². The molecule has 1 atom stereocenters. The third kappa shape index (κ3) is 2.74. The van der Waals surface area contributed by atoms with Gasteiger partial charge >= 0.3 is 0 Å². The molecule has 25 heavy (non-hydrogen) atoms. The molecule has 1 aliphatic heterocycles. The van der Waals surface area contributed by atoms with Crippen LogP contribution in [0.3, 0.4) is 0 Å². The summed E-state index contributed by atoms with van der Waals surface area (Å²) in [6.07, 6.45) is 3.98. The van der Waals surface area contributed by atoms with Crippen LogP contribution in [0.2, 0.25) is 0 Å². The molecule has 0 aromatic carbocycles. The Bertz CT molecular complexity index is 853. The van der Waals surface area contributed by atoms with Crippen molar-refractivity contribution in [2.75, 3.05) is 11.9 Å². The molecule has 1 saturated heterocycles. The highest BCUT2D eigenvalue weighted by Crippen LogP contribution is 2.38. The molecule has 2 aromatic rings. The van der Waals surface area contributed by atoms with Gasteiger partial charge in [0.15, 0.2) is 5.13 Å². The molecular formula is C17H21N5O2S. The lowest BCUT2D eigenvalue weighted by molar-refractivity contribution is -0.129. The maximum absolute atomic E-state index is 12.6. The van der Waals surface area contributed by atoms with Crippen molar-refractivity contribution < 1.29 is 9.59 Å². The quantitative estimate of drug-likeness (QED) is 0.907. The summed E-state index contributed by atoms with van der Waals surface area (Å²) in [5.74, 6) is -0.368. The van der Waals surface area contributed by atoms with Crippen molar-refractivity contribution in [2.24, 2.45) is 13.0 Å². The van der Waals surface area contributed by atoms with E-state index < -0.39 is 0 Å². The third-order valence-electron chi connectivity index (χ3n) is 4.99. The first-order valence-electron chi connectivity index (χ1n) is 8.55. The molecule has 0 spiro atoms. The molecule has 132 valence electrons. The highest BCUT2D eigenvalue weighted by Gasteiger charge is 2.36. The van der Waals surface area contributed by atoms with Crippen LogP contribution >= 0.6 is 11.3 Å². The first-order chi connectivity index (χ1) is 11.9. The van der Waals surface area contributed by atoms with E-state index in [0.29, 0.717) is 11.7 Å². The zero-order chi connectivity index (χ0) is 17.7. The van der Waals surface area contributed by atoms with Crippen molar-refractivity contribution >= 4 is 28.3 Å². The van der Waals surface area contributed by atoms with E-state index in [9.17, 15) is 9.59 Å². The lowest BCUT2D eigenvalue weighted by Gasteiger charge is -2.20. The molecule has 1 fully saturated rings. The van der Waals surface area contributed by atoms with Gasteiger partial charge < -0.3 is 10.2 Å². The van der Waals surface area contributed by atoms with Gasteiger partial charge in [0.05, 0.1) is 17.8 Å². The van der Waals surface area contributed by atoms with Gasteiger partial charge in [-0.3, -0.25) is 14.3 Å². The standard InChI is InChI=1S/C17H21N5O2S/c1-9(2)22-8-10(6-14(22)23)16(24)20-17-19-15-11-7-18-21(3)12(11)4-5-13(15)25-17/h7,9-10H,4-6,8H2,1-3H3,(H,19,20,24)/t10-/m0/s1. The molecule has 2 aliphatic rings. The maximum atomic E-state index is 12.6. The summed E-state index contributed by atoms with van der Waals surface area (Å²) in [5, 5.41) is 7.85. The summed E-state index contributed by atoms with van der Waals surface area (Å²) in [5.41, 5.74) is 3.17. The second-order valence-electron chi connectivity index (χ2n) is 6.95. The number of carbonyl (C=O) groups excluding carboxylic acids is 2. The monoisotopic (exact) mass is 359 g/mol. The minimum atomic E-state index is -0.301. The van der Waals surface area contributed by atoms with E-state index in [1.807, 2.05) is 31.8 Å². The van der Waals surface area contributed by atoms with Crippen molar-refractivity contribution in [3.8, 4) is 11.3 Å². The number of amides is 2. The van der Waals surface area contributed by atoms with E-state index in [1.165, 1.54) is 21.9 Å². The number of hydrogen-bond donors (Lipinski definition) is 1. The van der Waals surface area contributed by atoms with E-state index in [2.05, 4.69) is 15.4 Å². The fraction of sp³-hybridized carbons (Fsp3) is 0.529.